The van der Waals surface area contributed by atoms with E-state index >= 15 is 0 Å². The Balaban J connectivity index is 1.76. The second-order valence-corrected chi connectivity index (χ2v) is 4.57. The Morgan fingerprint density at radius 2 is 2.17 bits per heavy atom. The van der Waals surface area contributed by atoms with Crippen LogP contribution in [0.15, 0.2) is 36.5 Å². The first-order valence-electron chi connectivity index (χ1n) is 6.15. The number of para-hydroxylation sites is 1. The number of hydrogen-bond acceptors (Lipinski definition) is 3. The van der Waals surface area contributed by atoms with Crippen molar-refractivity contribution in [3.8, 4) is 0 Å². The minimum Gasteiger partial charge on any atom is -0.352 e. The summed E-state index contributed by atoms with van der Waals surface area (Å²) in [6.45, 7) is 2.13. The van der Waals surface area contributed by atoms with Crippen molar-refractivity contribution in [2.45, 2.75) is 6.54 Å². The SMILES string of the molecule is O=C(NCc1cccc2cccnc12)C1CNC1. The lowest BCUT2D eigenvalue weighted by Gasteiger charge is -2.25. The van der Waals surface area contributed by atoms with Crippen LogP contribution in [0.3, 0.4) is 0 Å². The van der Waals surface area contributed by atoms with Crippen molar-refractivity contribution in [3.63, 3.8) is 0 Å². The fourth-order valence-electron chi connectivity index (χ4n) is 2.11. The van der Waals surface area contributed by atoms with E-state index < -0.39 is 0 Å². The van der Waals surface area contributed by atoms with Gasteiger partial charge in [-0.25, -0.2) is 0 Å². The molecule has 1 aromatic carbocycles. The van der Waals surface area contributed by atoms with E-state index in [1.807, 2.05) is 30.3 Å². The summed E-state index contributed by atoms with van der Waals surface area (Å²) in [6, 6.07) is 9.99. The van der Waals surface area contributed by atoms with Gasteiger partial charge < -0.3 is 10.6 Å². The number of hydrogen-bond donors (Lipinski definition) is 2. The van der Waals surface area contributed by atoms with Gasteiger partial charge in [-0.15, -0.1) is 0 Å². The van der Waals surface area contributed by atoms with Crippen molar-refractivity contribution in [1.82, 2.24) is 15.6 Å². The smallest absolute Gasteiger partial charge is 0.225 e. The maximum Gasteiger partial charge on any atom is 0.225 e. The van der Waals surface area contributed by atoms with E-state index in [0.717, 1.165) is 29.6 Å². The van der Waals surface area contributed by atoms with E-state index in [1.165, 1.54) is 0 Å². The van der Waals surface area contributed by atoms with E-state index in [2.05, 4.69) is 15.6 Å². The summed E-state index contributed by atoms with van der Waals surface area (Å²) >= 11 is 0. The van der Waals surface area contributed by atoms with Crippen LogP contribution in [-0.2, 0) is 11.3 Å². The number of carbonyl (C=O) groups excluding carboxylic acids is 1. The van der Waals surface area contributed by atoms with Gasteiger partial charge in [0.15, 0.2) is 0 Å². The van der Waals surface area contributed by atoms with Gasteiger partial charge in [-0.3, -0.25) is 9.78 Å². The third-order valence-electron chi connectivity index (χ3n) is 3.32. The summed E-state index contributed by atoms with van der Waals surface area (Å²) in [4.78, 5) is 16.1. The molecule has 0 atom stereocenters. The van der Waals surface area contributed by atoms with Crippen LogP contribution in [0.5, 0.6) is 0 Å². The summed E-state index contributed by atoms with van der Waals surface area (Å²) in [5.74, 6) is 0.259. The summed E-state index contributed by atoms with van der Waals surface area (Å²) in [6.07, 6.45) is 1.78. The number of carbonyl (C=O) groups is 1. The van der Waals surface area contributed by atoms with E-state index in [9.17, 15) is 4.79 Å². The first-order valence-corrected chi connectivity index (χ1v) is 6.15. The van der Waals surface area contributed by atoms with Gasteiger partial charge in [0.2, 0.25) is 5.91 Å². The number of nitrogens with one attached hydrogen (secondary N) is 2. The van der Waals surface area contributed by atoms with Crippen molar-refractivity contribution in [3.05, 3.63) is 42.1 Å². The second kappa shape index (κ2) is 4.74. The summed E-state index contributed by atoms with van der Waals surface area (Å²) < 4.78 is 0. The zero-order chi connectivity index (χ0) is 12.4. The predicted molar refractivity (Wildman–Crippen MR) is 69.9 cm³/mol. The molecule has 1 aliphatic rings. The highest BCUT2D eigenvalue weighted by atomic mass is 16.2. The van der Waals surface area contributed by atoms with E-state index in [4.69, 9.17) is 0 Å². The molecule has 1 aliphatic heterocycles. The molecule has 0 radical (unpaired) electrons. The topological polar surface area (TPSA) is 54.0 Å². The summed E-state index contributed by atoms with van der Waals surface area (Å²) in [7, 11) is 0. The van der Waals surface area contributed by atoms with Crippen LogP contribution in [-0.4, -0.2) is 24.0 Å². The van der Waals surface area contributed by atoms with Crippen molar-refractivity contribution in [1.29, 1.82) is 0 Å². The molecular formula is C14H15N3O. The van der Waals surface area contributed by atoms with Gasteiger partial charge in [0, 0.05) is 31.2 Å². The molecule has 0 bridgehead atoms. The Morgan fingerprint density at radius 3 is 2.94 bits per heavy atom. The van der Waals surface area contributed by atoms with Gasteiger partial charge in [0.1, 0.15) is 0 Å². The molecule has 4 nitrogen and oxygen atoms in total. The number of nitrogens with zero attached hydrogens (tertiary/aromatic N) is 1. The number of benzene rings is 1. The van der Waals surface area contributed by atoms with Crippen LogP contribution in [0.1, 0.15) is 5.56 Å². The number of aromatic nitrogens is 1. The number of fused-ring (bicyclic) bond motifs is 1. The van der Waals surface area contributed by atoms with Crippen LogP contribution in [0.2, 0.25) is 0 Å². The van der Waals surface area contributed by atoms with Gasteiger partial charge in [0.25, 0.3) is 0 Å². The first-order chi connectivity index (χ1) is 8.84. The van der Waals surface area contributed by atoms with Crippen LogP contribution in [0, 0.1) is 5.92 Å². The average Bonchev–Trinajstić information content (AvgIpc) is 2.34. The molecule has 2 heterocycles. The van der Waals surface area contributed by atoms with Gasteiger partial charge in [-0.1, -0.05) is 24.3 Å². The van der Waals surface area contributed by atoms with Gasteiger partial charge >= 0.3 is 0 Å². The third-order valence-corrected chi connectivity index (χ3v) is 3.32. The Morgan fingerprint density at radius 1 is 1.33 bits per heavy atom. The minimum absolute atomic E-state index is 0.127. The van der Waals surface area contributed by atoms with E-state index in [-0.39, 0.29) is 11.8 Å². The molecule has 0 unspecified atom stereocenters. The molecule has 2 N–H and O–H groups in total. The van der Waals surface area contributed by atoms with E-state index in [0.29, 0.717) is 6.54 Å². The second-order valence-electron chi connectivity index (χ2n) is 4.57. The van der Waals surface area contributed by atoms with Gasteiger partial charge in [-0.2, -0.15) is 0 Å². The Hall–Kier alpha value is -1.94. The lowest BCUT2D eigenvalue weighted by molar-refractivity contribution is -0.126. The third kappa shape index (κ3) is 2.07. The molecule has 0 aliphatic carbocycles. The maximum atomic E-state index is 11.8. The molecule has 18 heavy (non-hydrogen) atoms. The molecule has 4 heteroatoms. The number of rotatable bonds is 3. The largest absolute Gasteiger partial charge is 0.352 e. The average molecular weight is 241 g/mol. The molecule has 0 spiro atoms. The molecule has 1 saturated heterocycles. The van der Waals surface area contributed by atoms with Gasteiger partial charge in [-0.05, 0) is 11.6 Å². The molecule has 1 amide bonds. The number of amides is 1. The standard InChI is InChI=1S/C14H15N3O/c18-14(12-7-15-8-12)17-9-11-4-1-3-10-5-2-6-16-13(10)11/h1-6,12,15H,7-9H2,(H,17,18). The lowest BCUT2D eigenvalue weighted by atomic mass is 10.0. The minimum atomic E-state index is 0.127. The normalized spacial score (nSPS) is 15.3. The first kappa shape index (κ1) is 11.2. The number of pyridine rings is 1. The molecule has 3 rings (SSSR count). The van der Waals surface area contributed by atoms with Crippen molar-refractivity contribution < 1.29 is 4.79 Å². The highest BCUT2D eigenvalue weighted by Crippen LogP contribution is 2.15. The molecule has 92 valence electrons. The maximum absolute atomic E-state index is 11.8. The van der Waals surface area contributed by atoms with Crippen LogP contribution >= 0.6 is 0 Å². The molecule has 0 saturated carbocycles. The van der Waals surface area contributed by atoms with Crippen molar-refractivity contribution in [2.75, 3.05) is 13.1 Å². The van der Waals surface area contributed by atoms with Crippen LogP contribution < -0.4 is 10.6 Å². The predicted octanol–water partition coefficient (Wildman–Crippen LogP) is 1.07. The summed E-state index contributed by atoms with van der Waals surface area (Å²) in [5.41, 5.74) is 2.03. The van der Waals surface area contributed by atoms with Gasteiger partial charge in [0.05, 0.1) is 11.4 Å². The highest BCUT2D eigenvalue weighted by molar-refractivity contribution is 5.83. The molecule has 2 aromatic rings. The zero-order valence-corrected chi connectivity index (χ0v) is 10.0. The highest BCUT2D eigenvalue weighted by Gasteiger charge is 2.24. The fraction of sp³-hybridized carbons (Fsp3) is 0.286. The molecule has 1 fully saturated rings. The Bertz CT molecular complexity index is 573. The van der Waals surface area contributed by atoms with E-state index in [1.54, 1.807) is 6.20 Å². The summed E-state index contributed by atoms with van der Waals surface area (Å²) in [5, 5.41) is 7.18. The molecular weight excluding hydrogens is 226 g/mol. The fourth-order valence-corrected chi connectivity index (χ4v) is 2.11. The molecule has 1 aromatic heterocycles. The Kier molecular flexibility index (Phi) is 2.94. The quantitative estimate of drug-likeness (QED) is 0.845. The van der Waals surface area contributed by atoms with Crippen LogP contribution in [0.25, 0.3) is 10.9 Å². The zero-order valence-electron chi connectivity index (χ0n) is 10.0. The van der Waals surface area contributed by atoms with Crippen molar-refractivity contribution >= 4 is 16.8 Å². The monoisotopic (exact) mass is 241 g/mol. The Labute approximate surface area is 105 Å². The lowest BCUT2D eigenvalue weighted by Crippen LogP contribution is -2.50. The van der Waals surface area contributed by atoms with Crippen molar-refractivity contribution in [2.24, 2.45) is 5.92 Å². The van der Waals surface area contributed by atoms with Crippen LogP contribution in [0.4, 0.5) is 0 Å².